The Hall–Kier alpha value is -4.46. The van der Waals surface area contributed by atoms with Gasteiger partial charge in [-0.3, -0.25) is 4.79 Å². The Kier molecular flexibility index (Phi) is 9.41. The van der Waals surface area contributed by atoms with E-state index in [-0.39, 0.29) is 31.6 Å². The van der Waals surface area contributed by atoms with Crippen molar-refractivity contribution < 1.29 is 28.5 Å². The lowest BCUT2D eigenvalue weighted by molar-refractivity contribution is -0.129. The van der Waals surface area contributed by atoms with Crippen LogP contribution >= 0.6 is 0 Å². The lowest BCUT2D eigenvalue weighted by Crippen LogP contribution is -2.35. The maximum absolute atomic E-state index is 13.8. The van der Waals surface area contributed by atoms with Gasteiger partial charge in [0.1, 0.15) is 18.4 Å². The Morgan fingerprint density at radius 1 is 0.854 bits per heavy atom. The molecule has 0 N–H and O–H groups in total. The molecule has 4 aromatic carbocycles. The molecule has 7 heteroatoms. The highest BCUT2D eigenvalue weighted by molar-refractivity contribution is 5.94. The normalized spacial score (nSPS) is 15.4. The average Bonchev–Trinajstić information content (AvgIpc) is 3.42. The van der Waals surface area contributed by atoms with E-state index in [1.165, 1.54) is 4.90 Å². The Labute approximate surface area is 240 Å². The Bertz CT molecular complexity index is 1420. The minimum atomic E-state index is -0.618. The number of hydrogen-bond acceptors (Lipinski definition) is 6. The van der Waals surface area contributed by atoms with E-state index in [0.717, 1.165) is 27.8 Å². The van der Waals surface area contributed by atoms with Gasteiger partial charge in [-0.1, -0.05) is 97.1 Å². The van der Waals surface area contributed by atoms with Gasteiger partial charge in [0.25, 0.3) is 0 Å². The van der Waals surface area contributed by atoms with Crippen LogP contribution in [-0.4, -0.2) is 50.6 Å². The first-order chi connectivity index (χ1) is 20.1. The number of carbonyl (C=O) groups excluding carboxylic acids is 2. The van der Waals surface area contributed by atoms with E-state index in [1.54, 1.807) is 7.11 Å². The van der Waals surface area contributed by atoms with E-state index >= 15 is 0 Å². The van der Waals surface area contributed by atoms with E-state index in [0.29, 0.717) is 19.0 Å². The second-order valence-electron chi connectivity index (χ2n) is 9.75. The van der Waals surface area contributed by atoms with Crippen molar-refractivity contribution in [2.45, 2.75) is 18.4 Å². The molecular weight excluding hydrogens is 518 g/mol. The van der Waals surface area contributed by atoms with Crippen LogP contribution in [0, 0.1) is 0 Å². The minimum absolute atomic E-state index is 0.0803. The van der Waals surface area contributed by atoms with Gasteiger partial charge in [-0.25, -0.2) is 9.69 Å². The van der Waals surface area contributed by atoms with E-state index in [1.807, 2.05) is 84.9 Å². The topological polar surface area (TPSA) is 74.3 Å². The van der Waals surface area contributed by atoms with Crippen molar-refractivity contribution in [1.29, 1.82) is 0 Å². The number of rotatable bonds is 12. The van der Waals surface area contributed by atoms with Crippen molar-refractivity contribution in [2.24, 2.45) is 0 Å². The third kappa shape index (κ3) is 7.01. The summed E-state index contributed by atoms with van der Waals surface area (Å²) in [6, 6.07) is 35.0. The molecule has 2 amide bonds. The molecule has 0 radical (unpaired) electrons. The highest BCUT2D eigenvalue weighted by Crippen LogP contribution is 2.35. The predicted octanol–water partition coefficient (Wildman–Crippen LogP) is 6.60. The van der Waals surface area contributed by atoms with E-state index in [4.69, 9.17) is 18.9 Å². The van der Waals surface area contributed by atoms with Gasteiger partial charge in [-0.15, -0.1) is 0 Å². The van der Waals surface area contributed by atoms with Gasteiger partial charge in [0.05, 0.1) is 13.2 Å². The van der Waals surface area contributed by atoms with Crippen molar-refractivity contribution in [3.63, 3.8) is 0 Å². The lowest BCUT2D eigenvalue weighted by atomic mass is 9.87. The first-order valence-corrected chi connectivity index (χ1v) is 13.6. The molecule has 0 aliphatic carbocycles. The molecule has 2 atom stereocenters. The molecule has 0 spiro atoms. The summed E-state index contributed by atoms with van der Waals surface area (Å²) < 4.78 is 21.6. The molecule has 1 heterocycles. The van der Waals surface area contributed by atoms with Crippen molar-refractivity contribution in [2.75, 3.05) is 33.7 Å². The fraction of sp³-hybridized carbons (Fsp3) is 0.235. The van der Waals surface area contributed by atoms with Crippen LogP contribution in [0.15, 0.2) is 109 Å². The van der Waals surface area contributed by atoms with Crippen LogP contribution in [0.4, 0.5) is 4.79 Å². The maximum Gasteiger partial charge on any atom is 0.417 e. The molecule has 1 aliphatic heterocycles. The summed E-state index contributed by atoms with van der Waals surface area (Å²) in [6.45, 7) is 1.13. The van der Waals surface area contributed by atoms with Crippen LogP contribution in [0.1, 0.15) is 35.1 Å². The van der Waals surface area contributed by atoms with Crippen molar-refractivity contribution in [3.05, 3.63) is 126 Å². The lowest BCUT2D eigenvalue weighted by Gasteiger charge is -2.24. The van der Waals surface area contributed by atoms with Gasteiger partial charge in [0, 0.05) is 19.4 Å². The number of nitrogens with zero attached hydrogens (tertiary/aromatic N) is 1. The third-order valence-electron chi connectivity index (χ3n) is 7.13. The number of carbonyl (C=O) groups is 2. The Morgan fingerprint density at radius 2 is 1.56 bits per heavy atom. The predicted molar refractivity (Wildman–Crippen MR) is 155 cm³/mol. The summed E-state index contributed by atoms with van der Waals surface area (Å²) in [6.07, 6.45) is -0.538. The van der Waals surface area contributed by atoms with Crippen LogP contribution in [0.2, 0.25) is 0 Å². The average molecular weight is 552 g/mol. The van der Waals surface area contributed by atoms with E-state index in [2.05, 4.69) is 24.3 Å². The molecule has 7 nitrogen and oxygen atoms in total. The Balaban J connectivity index is 1.42. The highest BCUT2D eigenvalue weighted by atomic mass is 16.7. The van der Waals surface area contributed by atoms with E-state index < -0.39 is 12.1 Å². The van der Waals surface area contributed by atoms with Gasteiger partial charge in [0.2, 0.25) is 5.91 Å². The molecule has 41 heavy (non-hydrogen) atoms. The van der Waals surface area contributed by atoms with Gasteiger partial charge in [-0.2, -0.15) is 0 Å². The van der Waals surface area contributed by atoms with Crippen molar-refractivity contribution in [1.82, 2.24) is 4.90 Å². The molecule has 0 bridgehead atoms. The number of methoxy groups -OCH3 is 1. The summed E-state index contributed by atoms with van der Waals surface area (Å²) in [7, 11) is 1.62. The molecule has 210 valence electrons. The molecule has 0 saturated carbocycles. The zero-order valence-corrected chi connectivity index (χ0v) is 23.0. The largest absolute Gasteiger partial charge is 0.468 e. The van der Waals surface area contributed by atoms with Gasteiger partial charge >= 0.3 is 6.09 Å². The standard InChI is InChI=1S/C34H33NO6/c1-38-19-20-39-24-41-30-14-8-13-29(21-30)31(27-17-15-26(16-18-27)25-9-4-2-5-10-25)22-33(36)35-32(23-40-34(35)37)28-11-6-3-7-12-28/h2-18,21,31-32H,19-20,22-24H2,1H3. The maximum atomic E-state index is 13.8. The van der Waals surface area contributed by atoms with E-state index in [9.17, 15) is 9.59 Å². The van der Waals surface area contributed by atoms with Crippen molar-refractivity contribution in [3.8, 4) is 16.9 Å². The van der Waals surface area contributed by atoms with Crippen LogP contribution in [-0.2, 0) is 19.0 Å². The molecule has 4 aromatic rings. The van der Waals surface area contributed by atoms with Crippen molar-refractivity contribution >= 4 is 12.0 Å². The Morgan fingerprint density at radius 3 is 2.29 bits per heavy atom. The first kappa shape index (κ1) is 28.1. The molecule has 2 unspecified atom stereocenters. The molecule has 5 rings (SSSR count). The molecule has 0 aromatic heterocycles. The summed E-state index contributed by atoms with van der Waals surface area (Å²) in [5, 5.41) is 0. The van der Waals surface area contributed by atoms with Crippen LogP contribution in [0.25, 0.3) is 11.1 Å². The summed E-state index contributed by atoms with van der Waals surface area (Å²) in [5.74, 6) is 0.00355. The number of hydrogen-bond donors (Lipinski definition) is 0. The second kappa shape index (κ2) is 13.7. The highest BCUT2D eigenvalue weighted by Gasteiger charge is 2.39. The summed E-state index contributed by atoms with van der Waals surface area (Å²) in [4.78, 5) is 27.8. The number of amides is 2. The SMILES string of the molecule is COCCOCOc1cccc(C(CC(=O)N2C(=O)OCC2c2ccccc2)c2ccc(-c3ccccc3)cc2)c1. The minimum Gasteiger partial charge on any atom is -0.468 e. The number of benzene rings is 4. The van der Waals surface area contributed by atoms with Crippen LogP contribution in [0.3, 0.4) is 0 Å². The number of ether oxygens (including phenoxy) is 4. The quantitative estimate of drug-likeness (QED) is 0.146. The van der Waals surface area contributed by atoms with Crippen LogP contribution in [0.5, 0.6) is 5.75 Å². The van der Waals surface area contributed by atoms with Gasteiger partial charge in [0.15, 0.2) is 6.79 Å². The molecular formula is C34H33NO6. The molecule has 1 aliphatic rings. The van der Waals surface area contributed by atoms with Gasteiger partial charge < -0.3 is 18.9 Å². The zero-order chi connectivity index (χ0) is 28.4. The molecule has 1 saturated heterocycles. The fourth-order valence-corrected chi connectivity index (χ4v) is 4.99. The smallest absolute Gasteiger partial charge is 0.417 e. The first-order valence-electron chi connectivity index (χ1n) is 13.6. The molecule has 1 fully saturated rings. The summed E-state index contributed by atoms with van der Waals surface area (Å²) in [5.41, 5.74) is 4.90. The number of imide groups is 1. The summed E-state index contributed by atoms with van der Waals surface area (Å²) >= 11 is 0. The zero-order valence-electron chi connectivity index (χ0n) is 23.0. The third-order valence-corrected chi connectivity index (χ3v) is 7.13. The number of cyclic esters (lactones) is 1. The second-order valence-corrected chi connectivity index (χ2v) is 9.75. The fourth-order valence-electron chi connectivity index (χ4n) is 4.99. The monoisotopic (exact) mass is 551 g/mol. The van der Waals surface area contributed by atoms with Crippen LogP contribution < -0.4 is 4.74 Å². The van der Waals surface area contributed by atoms with Gasteiger partial charge in [-0.05, 0) is 39.9 Å².